The predicted octanol–water partition coefficient (Wildman–Crippen LogP) is 0.606. The molecule has 2 aromatic heterocycles. The first-order chi connectivity index (χ1) is 12.0. The number of aromatic amines is 1. The first-order valence-electron chi connectivity index (χ1n) is 8.07. The fraction of sp³-hybridized carbons (Fsp3) is 0.562. The number of carboxylic acid groups (broad SMARTS) is 1. The lowest BCUT2D eigenvalue weighted by atomic mass is 9.97. The van der Waals surface area contributed by atoms with Crippen LogP contribution < -0.4 is 11.2 Å². The third kappa shape index (κ3) is 4.38. The van der Waals surface area contributed by atoms with Crippen LogP contribution >= 0.6 is 0 Å². The third-order valence-electron chi connectivity index (χ3n) is 3.61. The van der Waals surface area contributed by atoms with Crippen molar-refractivity contribution in [2.24, 2.45) is 5.41 Å². The van der Waals surface area contributed by atoms with Gasteiger partial charge in [-0.25, -0.2) is 14.3 Å². The molecule has 26 heavy (non-hydrogen) atoms. The molecule has 0 amide bonds. The smallest absolute Gasteiger partial charge is 0.332 e. The van der Waals surface area contributed by atoms with Crippen molar-refractivity contribution < 1.29 is 19.4 Å². The van der Waals surface area contributed by atoms with Gasteiger partial charge in [0.25, 0.3) is 5.56 Å². The minimum absolute atomic E-state index is 0.117. The maximum absolute atomic E-state index is 12.3. The number of rotatable bonds is 6. The van der Waals surface area contributed by atoms with Gasteiger partial charge in [0.2, 0.25) is 0 Å². The molecule has 2 N–H and O–H groups in total. The molecule has 0 radical (unpaired) electrons. The number of ether oxygens (including phenoxy) is 1. The Hall–Kier alpha value is -2.91. The van der Waals surface area contributed by atoms with E-state index in [2.05, 4.69) is 9.97 Å². The van der Waals surface area contributed by atoms with Crippen LogP contribution in [-0.4, -0.2) is 36.1 Å². The van der Waals surface area contributed by atoms with E-state index in [9.17, 15) is 19.2 Å². The second-order valence-electron chi connectivity index (χ2n) is 7.20. The van der Waals surface area contributed by atoms with E-state index in [1.165, 1.54) is 0 Å². The molecule has 0 aliphatic carbocycles. The summed E-state index contributed by atoms with van der Waals surface area (Å²) in [4.78, 5) is 53.0. The van der Waals surface area contributed by atoms with Crippen LogP contribution in [0.4, 0.5) is 0 Å². The van der Waals surface area contributed by atoms with Gasteiger partial charge >= 0.3 is 17.6 Å². The molecule has 0 bridgehead atoms. The first kappa shape index (κ1) is 19.4. The molecule has 2 rings (SSSR count). The normalized spacial score (nSPS) is 11.7. The topological polar surface area (TPSA) is 136 Å². The van der Waals surface area contributed by atoms with Crippen LogP contribution in [0.5, 0.6) is 0 Å². The number of carbonyl (C=O) groups is 2. The molecule has 2 aromatic rings. The number of fused-ring (bicyclic) bond motifs is 1. The molecule has 0 atom stereocenters. The SMILES string of the molecule is Cc1nc2c(c(=O)[nH]c(=O)n2COC(=O)CCC(=O)O)n1CC(C)(C)C. The molecule has 0 fully saturated rings. The number of esters is 1. The highest BCUT2D eigenvalue weighted by atomic mass is 16.5. The monoisotopic (exact) mass is 366 g/mol. The van der Waals surface area contributed by atoms with Crippen LogP contribution in [0.15, 0.2) is 9.59 Å². The summed E-state index contributed by atoms with van der Waals surface area (Å²) < 4.78 is 7.71. The maximum atomic E-state index is 12.3. The summed E-state index contributed by atoms with van der Waals surface area (Å²) in [5.41, 5.74) is -1.11. The highest BCUT2D eigenvalue weighted by molar-refractivity contribution is 5.76. The summed E-state index contributed by atoms with van der Waals surface area (Å²) in [6.45, 7) is 7.79. The highest BCUT2D eigenvalue weighted by Gasteiger charge is 2.21. The highest BCUT2D eigenvalue weighted by Crippen LogP contribution is 2.20. The third-order valence-corrected chi connectivity index (χ3v) is 3.61. The Labute approximate surface area is 148 Å². The molecule has 10 heteroatoms. The van der Waals surface area contributed by atoms with E-state index in [0.29, 0.717) is 12.4 Å². The Balaban J connectivity index is 2.40. The number of nitrogens with one attached hydrogen (secondary N) is 1. The number of nitrogens with zero attached hydrogens (tertiary/aromatic N) is 3. The van der Waals surface area contributed by atoms with E-state index in [4.69, 9.17) is 9.84 Å². The standard InChI is InChI=1S/C16H22N4O6/c1-9-17-13-12(19(9)7-16(2,3)4)14(24)18-15(25)20(13)8-26-11(23)6-5-10(21)22/h5-8H2,1-4H3,(H,21,22)(H,18,24,25). The second kappa shape index (κ2) is 7.14. The van der Waals surface area contributed by atoms with Crippen molar-refractivity contribution in [1.82, 2.24) is 19.1 Å². The molecular weight excluding hydrogens is 344 g/mol. The molecule has 0 unspecified atom stereocenters. The average molecular weight is 366 g/mol. The van der Waals surface area contributed by atoms with E-state index in [1.54, 1.807) is 11.5 Å². The zero-order valence-electron chi connectivity index (χ0n) is 15.2. The summed E-state index contributed by atoms with van der Waals surface area (Å²) >= 11 is 0. The van der Waals surface area contributed by atoms with Crippen molar-refractivity contribution in [1.29, 1.82) is 0 Å². The van der Waals surface area contributed by atoms with Crippen LogP contribution in [0.25, 0.3) is 11.2 Å². The van der Waals surface area contributed by atoms with Gasteiger partial charge in [-0.2, -0.15) is 0 Å². The summed E-state index contributed by atoms with van der Waals surface area (Å²) in [5, 5.41) is 8.57. The molecule has 2 heterocycles. The van der Waals surface area contributed by atoms with E-state index in [-0.39, 0.29) is 29.4 Å². The summed E-state index contributed by atoms with van der Waals surface area (Å²) in [6, 6.07) is 0. The molecule has 0 aliphatic heterocycles. The van der Waals surface area contributed by atoms with Crippen LogP contribution in [0.1, 0.15) is 39.4 Å². The summed E-state index contributed by atoms with van der Waals surface area (Å²) in [7, 11) is 0. The van der Waals surface area contributed by atoms with Crippen LogP contribution in [0.2, 0.25) is 0 Å². The quantitative estimate of drug-likeness (QED) is 0.715. The van der Waals surface area contributed by atoms with Gasteiger partial charge in [-0.1, -0.05) is 20.8 Å². The summed E-state index contributed by atoms with van der Waals surface area (Å²) in [6.07, 6.45) is -0.678. The Bertz CT molecular complexity index is 960. The molecule has 0 spiro atoms. The minimum atomic E-state index is -1.12. The molecular formula is C16H22N4O6. The van der Waals surface area contributed by atoms with E-state index in [0.717, 1.165) is 4.57 Å². The van der Waals surface area contributed by atoms with Crippen molar-refractivity contribution in [3.63, 3.8) is 0 Å². The molecule has 0 saturated heterocycles. The number of carboxylic acids is 1. The van der Waals surface area contributed by atoms with Gasteiger partial charge in [-0.3, -0.25) is 19.4 Å². The van der Waals surface area contributed by atoms with Gasteiger partial charge in [0.15, 0.2) is 17.9 Å². The fourth-order valence-corrected chi connectivity index (χ4v) is 2.49. The van der Waals surface area contributed by atoms with Crippen LogP contribution in [-0.2, 0) is 27.6 Å². The molecule has 0 aromatic carbocycles. The number of aromatic nitrogens is 4. The minimum Gasteiger partial charge on any atom is -0.481 e. The predicted molar refractivity (Wildman–Crippen MR) is 91.8 cm³/mol. The van der Waals surface area contributed by atoms with Crippen LogP contribution in [0.3, 0.4) is 0 Å². The maximum Gasteiger partial charge on any atom is 0.332 e. The van der Waals surface area contributed by atoms with Gasteiger partial charge in [-0.05, 0) is 12.3 Å². The number of imidazole rings is 1. The fourth-order valence-electron chi connectivity index (χ4n) is 2.49. The Morgan fingerprint density at radius 3 is 2.42 bits per heavy atom. The van der Waals surface area contributed by atoms with Gasteiger partial charge in [0, 0.05) is 6.54 Å². The molecule has 142 valence electrons. The lowest BCUT2D eigenvalue weighted by molar-refractivity contribution is -0.150. The Morgan fingerprint density at radius 1 is 1.19 bits per heavy atom. The van der Waals surface area contributed by atoms with Crippen molar-refractivity contribution in [2.45, 2.75) is 53.8 Å². The first-order valence-corrected chi connectivity index (χ1v) is 8.07. The number of H-pyrrole nitrogens is 1. The molecule has 10 nitrogen and oxygen atoms in total. The van der Waals surface area contributed by atoms with Crippen molar-refractivity contribution in [3.8, 4) is 0 Å². The Kier molecular flexibility index (Phi) is 5.33. The van der Waals surface area contributed by atoms with Crippen LogP contribution in [0, 0.1) is 12.3 Å². The van der Waals surface area contributed by atoms with E-state index in [1.807, 2.05) is 20.8 Å². The lowest BCUT2D eigenvalue weighted by Crippen LogP contribution is -2.32. The average Bonchev–Trinajstić information content (AvgIpc) is 2.80. The Morgan fingerprint density at radius 2 is 1.85 bits per heavy atom. The number of hydrogen-bond donors (Lipinski definition) is 2. The van der Waals surface area contributed by atoms with Gasteiger partial charge in [-0.15, -0.1) is 0 Å². The number of aryl methyl sites for hydroxylation is 1. The molecule has 0 saturated carbocycles. The van der Waals surface area contributed by atoms with Crippen molar-refractivity contribution in [3.05, 3.63) is 26.7 Å². The number of carbonyl (C=O) groups excluding carboxylic acids is 1. The molecule has 0 aliphatic rings. The van der Waals surface area contributed by atoms with Crippen molar-refractivity contribution in [2.75, 3.05) is 0 Å². The van der Waals surface area contributed by atoms with E-state index >= 15 is 0 Å². The lowest BCUT2D eigenvalue weighted by Gasteiger charge is -2.20. The van der Waals surface area contributed by atoms with Crippen molar-refractivity contribution >= 4 is 23.1 Å². The second-order valence-corrected chi connectivity index (χ2v) is 7.20. The zero-order chi connectivity index (χ0) is 19.6. The zero-order valence-corrected chi connectivity index (χ0v) is 15.2. The van der Waals surface area contributed by atoms with Gasteiger partial charge < -0.3 is 14.4 Å². The summed E-state index contributed by atoms with van der Waals surface area (Å²) in [5.74, 6) is -1.33. The largest absolute Gasteiger partial charge is 0.481 e. The van der Waals surface area contributed by atoms with Gasteiger partial charge in [0.05, 0.1) is 12.8 Å². The number of aliphatic carboxylic acids is 1. The number of hydrogen-bond acceptors (Lipinski definition) is 6. The van der Waals surface area contributed by atoms with Gasteiger partial charge in [0.1, 0.15) is 5.82 Å². The van der Waals surface area contributed by atoms with E-state index < -0.39 is 29.9 Å².